The van der Waals surface area contributed by atoms with Crippen molar-refractivity contribution in [1.29, 1.82) is 0 Å². The number of unbranched alkanes of at least 4 members (excludes halogenated alkanes) is 2. The summed E-state index contributed by atoms with van der Waals surface area (Å²) < 4.78 is 0. The van der Waals surface area contributed by atoms with Crippen LogP contribution in [-0.2, 0) is 4.79 Å². The summed E-state index contributed by atoms with van der Waals surface area (Å²) in [6, 6.07) is 0. The van der Waals surface area contributed by atoms with E-state index < -0.39 is 0 Å². The van der Waals surface area contributed by atoms with Crippen LogP contribution in [0.5, 0.6) is 0 Å². The Labute approximate surface area is 99.4 Å². The minimum atomic E-state index is 0.333. The van der Waals surface area contributed by atoms with E-state index >= 15 is 0 Å². The van der Waals surface area contributed by atoms with Crippen molar-refractivity contribution in [3.63, 3.8) is 0 Å². The molecule has 1 amide bonds. The van der Waals surface area contributed by atoms with Crippen LogP contribution in [0.15, 0.2) is 0 Å². The Morgan fingerprint density at radius 3 is 2.56 bits per heavy atom. The lowest BCUT2D eigenvalue weighted by atomic mass is 10.0. The van der Waals surface area contributed by atoms with Crippen LogP contribution in [-0.4, -0.2) is 30.9 Å². The normalized spacial score (nSPS) is 16.6. The molecule has 16 heavy (non-hydrogen) atoms. The van der Waals surface area contributed by atoms with Crippen molar-refractivity contribution in [2.24, 2.45) is 11.7 Å². The zero-order valence-corrected chi connectivity index (χ0v) is 10.6. The molecule has 0 heterocycles. The highest BCUT2D eigenvalue weighted by Crippen LogP contribution is 2.27. The van der Waals surface area contributed by atoms with E-state index in [1.807, 2.05) is 11.9 Å². The van der Waals surface area contributed by atoms with E-state index in [1.165, 1.54) is 25.7 Å². The Morgan fingerprint density at radius 1 is 1.25 bits per heavy atom. The van der Waals surface area contributed by atoms with E-state index in [-0.39, 0.29) is 0 Å². The maximum Gasteiger partial charge on any atom is 0.222 e. The lowest BCUT2D eigenvalue weighted by Gasteiger charge is -2.19. The molecule has 2 N–H and O–H groups in total. The van der Waals surface area contributed by atoms with Crippen LogP contribution in [0.4, 0.5) is 0 Å². The molecule has 94 valence electrons. The molecule has 1 rings (SSSR count). The smallest absolute Gasteiger partial charge is 0.222 e. The fourth-order valence-electron chi connectivity index (χ4n) is 2.41. The van der Waals surface area contributed by atoms with Crippen LogP contribution < -0.4 is 5.73 Å². The largest absolute Gasteiger partial charge is 0.346 e. The average Bonchev–Trinajstić information content (AvgIpc) is 2.76. The van der Waals surface area contributed by atoms with Gasteiger partial charge in [-0.2, -0.15) is 0 Å². The summed E-state index contributed by atoms with van der Waals surface area (Å²) in [7, 11) is 1.93. The van der Waals surface area contributed by atoms with Gasteiger partial charge in [-0.05, 0) is 38.1 Å². The summed E-state index contributed by atoms with van der Waals surface area (Å²) in [5.74, 6) is 0.999. The number of amides is 1. The molecule has 1 saturated carbocycles. The van der Waals surface area contributed by atoms with Crippen molar-refractivity contribution >= 4 is 5.91 Å². The Kier molecular flexibility index (Phi) is 6.46. The molecule has 1 fully saturated rings. The fourth-order valence-corrected chi connectivity index (χ4v) is 2.41. The van der Waals surface area contributed by atoms with Crippen molar-refractivity contribution in [3.05, 3.63) is 0 Å². The van der Waals surface area contributed by atoms with Gasteiger partial charge in [-0.1, -0.05) is 19.3 Å². The molecule has 1 aliphatic carbocycles. The Hall–Kier alpha value is -0.570. The number of nitrogens with two attached hydrogens (primary N) is 1. The van der Waals surface area contributed by atoms with Gasteiger partial charge in [0.25, 0.3) is 0 Å². The average molecular weight is 226 g/mol. The first kappa shape index (κ1) is 13.5. The fraction of sp³-hybridized carbons (Fsp3) is 0.923. The molecule has 0 atom stereocenters. The van der Waals surface area contributed by atoms with Gasteiger partial charge >= 0.3 is 0 Å². The maximum atomic E-state index is 11.9. The van der Waals surface area contributed by atoms with E-state index in [0.29, 0.717) is 11.8 Å². The van der Waals surface area contributed by atoms with Crippen LogP contribution in [0.2, 0.25) is 0 Å². The second-order valence-corrected chi connectivity index (χ2v) is 5.02. The van der Waals surface area contributed by atoms with E-state index in [1.54, 1.807) is 0 Å². The molecule has 3 heteroatoms. The van der Waals surface area contributed by atoms with Crippen molar-refractivity contribution in [3.8, 4) is 0 Å². The molecule has 3 nitrogen and oxygen atoms in total. The van der Waals surface area contributed by atoms with E-state index in [2.05, 4.69) is 0 Å². The second-order valence-electron chi connectivity index (χ2n) is 5.02. The zero-order chi connectivity index (χ0) is 11.8. The lowest BCUT2D eigenvalue weighted by Crippen LogP contribution is -2.29. The van der Waals surface area contributed by atoms with Gasteiger partial charge in [0.15, 0.2) is 0 Å². The van der Waals surface area contributed by atoms with E-state index in [0.717, 1.165) is 38.8 Å². The van der Waals surface area contributed by atoms with Crippen LogP contribution in [0, 0.1) is 5.92 Å². The zero-order valence-electron chi connectivity index (χ0n) is 10.6. The predicted octanol–water partition coefficient (Wildman–Crippen LogP) is 2.15. The van der Waals surface area contributed by atoms with Gasteiger partial charge in [-0.25, -0.2) is 0 Å². The summed E-state index contributed by atoms with van der Waals surface area (Å²) in [5.41, 5.74) is 5.43. The van der Waals surface area contributed by atoms with E-state index in [9.17, 15) is 4.79 Å². The van der Waals surface area contributed by atoms with Crippen LogP contribution in [0.25, 0.3) is 0 Å². The Bertz CT molecular complexity index is 200. The molecule has 0 unspecified atom stereocenters. The number of rotatable bonds is 7. The monoisotopic (exact) mass is 226 g/mol. The molecule has 0 radical (unpaired) electrons. The molecule has 1 aliphatic rings. The van der Waals surface area contributed by atoms with Gasteiger partial charge < -0.3 is 10.6 Å². The molecular weight excluding hydrogens is 200 g/mol. The first-order chi connectivity index (χ1) is 7.74. The third kappa shape index (κ3) is 4.97. The molecular formula is C13H26N2O. The highest BCUT2D eigenvalue weighted by atomic mass is 16.2. The first-order valence-electron chi connectivity index (χ1n) is 6.68. The summed E-state index contributed by atoms with van der Waals surface area (Å²) >= 11 is 0. The third-order valence-electron chi connectivity index (χ3n) is 3.56. The molecule has 0 aromatic carbocycles. The maximum absolute atomic E-state index is 11.9. The third-order valence-corrected chi connectivity index (χ3v) is 3.56. The van der Waals surface area contributed by atoms with Gasteiger partial charge in [0.1, 0.15) is 0 Å². The number of hydrogen-bond acceptors (Lipinski definition) is 2. The van der Waals surface area contributed by atoms with Crippen molar-refractivity contribution < 1.29 is 4.79 Å². The highest BCUT2D eigenvalue weighted by molar-refractivity contribution is 5.76. The minimum Gasteiger partial charge on any atom is -0.346 e. The SMILES string of the molecule is CN(CCCCCN)C(=O)CC1CCCC1. The van der Waals surface area contributed by atoms with E-state index in [4.69, 9.17) is 5.73 Å². The molecule has 0 saturated heterocycles. The Balaban J connectivity index is 2.09. The van der Waals surface area contributed by atoms with Crippen molar-refractivity contribution in [2.75, 3.05) is 20.1 Å². The molecule has 0 aliphatic heterocycles. The second kappa shape index (κ2) is 7.66. The van der Waals surface area contributed by atoms with Crippen LogP contribution in [0.3, 0.4) is 0 Å². The molecule has 0 spiro atoms. The van der Waals surface area contributed by atoms with Gasteiger partial charge in [-0.3, -0.25) is 4.79 Å². The Morgan fingerprint density at radius 2 is 1.94 bits per heavy atom. The first-order valence-corrected chi connectivity index (χ1v) is 6.68. The molecule has 0 bridgehead atoms. The quantitative estimate of drug-likeness (QED) is 0.676. The highest BCUT2D eigenvalue weighted by Gasteiger charge is 2.20. The van der Waals surface area contributed by atoms with Gasteiger partial charge in [0, 0.05) is 20.0 Å². The van der Waals surface area contributed by atoms with Gasteiger partial charge in [-0.15, -0.1) is 0 Å². The van der Waals surface area contributed by atoms with Crippen molar-refractivity contribution in [2.45, 2.75) is 51.4 Å². The standard InChI is InChI=1S/C13H26N2O/c1-15(10-6-2-5-9-14)13(16)11-12-7-3-4-8-12/h12H,2-11,14H2,1H3. The number of nitrogens with zero attached hydrogens (tertiary/aromatic N) is 1. The number of carbonyl (C=O) groups excluding carboxylic acids is 1. The summed E-state index contributed by atoms with van der Waals surface area (Å²) in [6.07, 6.45) is 9.22. The van der Waals surface area contributed by atoms with Crippen LogP contribution >= 0.6 is 0 Å². The summed E-state index contributed by atoms with van der Waals surface area (Å²) in [6.45, 7) is 1.66. The van der Waals surface area contributed by atoms with Crippen molar-refractivity contribution in [1.82, 2.24) is 4.90 Å². The molecule has 0 aromatic rings. The lowest BCUT2D eigenvalue weighted by molar-refractivity contribution is -0.130. The predicted molar refractivity (Wildman–Crippen MR) is 67.1 cm³/mol. The minimum absolute atomic E-state index is 0.333. The summed E-state index contributed by atoms with van der Waals surface area (Å²) in [4.78, 5) is 13.8. The van der Waals surface area contributed by atoms with Crippen LogP contribution in [0.1, 0.15) is 51.4 Å². The summed E-state index contributed by atoms with van der Waals surface area (Å²) in [5, 5.41) is 0. The van der Waals surface area contributed by atoms with Gasteiger partial charge in [0.05, 0.1) is 0 Å². The number of carbonyl (C=O) groups is 1. The topological polar surface area (TPSA) is 46.3 Å². The van der Waals surface area contributed by atoms with Gasteiger partial charge in [0.2, 0.25) is 5.91 Å². The molecule has 0 aromatic heterocycles. The number of hydrogen-bond donors (Lipinski definition) is 1.